The topological polar surface area (TPSA) is 65.1 Å². The molecule has 0 saturated heterocycles. The summed E-state index contributed by atoms with van der Waals surface area (Å²) in [5.41, 5.74) is 3.84. The van der Waals surface area contributed by atoms with E-state index in [1.807, 2.05) is 6.20 Å². The van der Waals surface area contributed by atoms with Gasteiger partial charge in [0.2, 0.25) is 0 Å². The Morgan fingerprint density at radius 1 is 1.29 bits per heavy atom. The fourth-order valence-corrected chi connectivity index (χ4v) is 3.48. The first kappa shape index (κ1) is 16.5. The highest BCUT2D eigenvalue weighted by atomic mass is 32.1. The molecule has 2 aromatic heterocycles. The first-order valence-corrected chi connectivity index (χ1v) is 8.90. The minimum Gasteiger partial charge on any atom is -0.361 e. The second-order valence-corrected chi connectivity index (χ2v) is 7.10. The molecule has 5 nitrogen and oxygen atoms in total. The summed E-state index contributed by atoms with van der Waals surface area (Å²) < 4.78 is 0. The zero-order chi connectivity index (χ0) is 16.9. The second kappa shape index (κ2) is 7.49. The van der Waals surface area contributed by atoms with Gasteiger partial charge in [0, 0.05) is 41.8 Å². The normalized spacial score (nSPS) is 11.9. The van der Waals surface area contributed by atoms with Crippen LogP contribution < -0.4 is 10.6 Å². The van der Waals surface area contributed by atoms with E-state index in [-0.39, 0.29) is 0 Å². The zero-order valence-corrected chi connectivity index (χ0v) is 15.1. The predicted molar refractivity (Wildman–Crippen MR) is 102 cm³/mol. The van der Waals surface area contributed by atoms with Gasteiger partial charge in [0.1, 0.15) is 5.01 Å². The van der Waals surface area contributed by atoms with E-state index < -0.39 is 0 Å². The lowest BCUT2D eigenvalue weighted by molar-refractivity contribution is 0.793. The van der Waals surface area contributed by atoms with Gasteiger partial charge in [0.05, 0.1) is 6.54 Å². The molecule has 3 aromatic rings. The van der Waals surface area contributed by atoms with Gasteiger partial charge in [-0.3, -0.25) is 4.99 Å². The van der Waals surface area contributed by atoms with Crippen molar-refractivity contribution in [3.8, 4) is 0 Å². The van der Waals surface area contributed by atoms with Crippen molar-refractivity contribution in [2.24, 2.45) is 4.99 Å². The van der Waals surface area contributed by atoms with Crippen molar-refractivity contribution in [2.45, 2.75) is 26.8 Å². The number of aryl methyl sites for hydroxylation is 2. The third-order valence-electron chi connectivity index (χ3n) is 4.00. The van der Waals surface area contributed by atoms with E-state index in [2.05, 4.69) is 63.8 Å². The van der Waals surface area contributed by atoms with Gasteiger partial charge >= 0.3 is 0 Å². The van der Waals surface area contributed by atoms with Crippen molar-refractivity contribution in [3.05, 3.63) is 51.6 Å². The van der Waals surface area contributed by atoms with Crippen LogP contribution in [-0.4, -0.2) is 29.5 Å². The van der Waals surface area contributed by atoms with Crippen LogP contribution in [0.2, 0.25) is 0 Å². The number of benzene rings is 1. The Balaban J connectivity index is 1.53. The number of rotatable bonds is 5. The molecule has 0 atom stereocenters. The number of hydrogen-bond donors (Lipinski definition) is 3. The maximum Gasteiger partial charge on any atom is 0.191 e. The number of aliphatic imine (C=N–C) groups is 1. The smallest absolute Gasteiger partial charge is 0.191 e. The number of guanidine groups is 1. The molecule has 0 fully saturated rings. The Kier molecular flexibility index (Phi) is 5.15. The van der Waals surface area contributed by atoms with Crippen molar-refractivity contribution < 1.29 is 0 Å². The number of aromatic nitrogens is 2. The molecule has 1 aromatic carbocycles. The maximum absolute atomic E-state index is 4.35. The first-order valence-electron chi connectivity index (χ1n) is 8.09. The Labute approximate surface area is 146 Å². The molecule has 2 heterocycles. The maximum atomic E-state index is 4.35. The van der Waals surface area contributed by atoms with Gasteiger partial charge in [0.15, 0.2) is 5.96 Å². The van der Waals surface area contributed by atoms with Crippen molar-refractivity contribution in [1.82, 2.24) is 20.6 Å². The molecule has 3 N–H and O–H groups in total. The van der Waals surface area contributed by atoms with Crippen LogP contribution in [0.15, 0.2) is 35.6 Å². The Morgan fingerprint density at radius 2 is 2.17 bits per heavy atom. The van der Waals surface area contributed by atoms with Gasteiger partial charge in [-0.05, 0) is 31.4 Å². The van der Waals surface area contributed by atoms with E-state index in [1.165, 1.54) is 26.9 Å². The van der Waals surface area contributed by atoms with E-state index in [0.717, 1.165) is 23.9 Å². The lowest BCUT2D eigenvalue weighted by atomic mass is 10.1. The molecule has 24 heavy (non-hydrogen) atoms. The van der Waals surface area contributed by atoms with Gasteiger partial charge in [-0.1, -0.05) is 18.2 Å². The van der Waals surface area contributed by atoms with E-state index in [1.54, 1.807) is 18.4 Å². The van der Waals surface area contributed by atoms with Gasteiger partial charge in [0.25, 0.3) is 0 Å². The quantitative estimate of drug-likeness (QED) is 0.493. The fraction of sp³-hybridized carbons (Fsp3) is 0.333. The number of para-hydroxylation sites is 1. The first-order chi connectivity index (χ1) is 11.7. The van der Waals surface area contributed by atoms with Crippen LogP contribution in [-0.2, 0) is 13.0 Å². The molecule has 0 bridgehead atoms. The molecule has 0 saturated carbocycles. The largest absolute Gasteiger partial charge is 0.361 e. The minimum atomic E-state index is 0.699. The molecule has 3 rings (SSSR count). The highest BCUT2D eigenvalue weighted by Gasteiger charge is 2.06. The summed E-state index contributed by atoms with van der Waals surface area (Å²) in [6.45, 7) is 5.73. The summed E-state index contributed by atoms with van der Waals surface area (Å²) in [6.07, 6.45) is 4.95. The predicted octanol–water partition coefficient (Wildman–Crippen LogP) is 3.15. The number of hydrogen-bond acceptors (Lipinski definition) is 3. The summed E-state index contributed by atoms with van der Waals surface area (Å²) in [6, 6.07) is 6.41. The number of fused-ring (bicyclic) bond motifs is 1. The Hall–Kier alpha value is -2.34. The number of nitrogens with one attached hydrogen (secondary N) is 3. The average Bonchev–Trinajstić information content (AvgIpc) is 3.18. The summed E-state index contributed by atoms with van der Waals surface area (Å²) in [5, 5.41) is 9.05. The van der Waals surface area contributed by atoms with Crippen molar-refractivity contribution in [3.63, 3.8) is 0 Å². The highest BCUT2D eigenvalue weighted by Crippen LogP contribution is 2.21. The van der Waals surface area contributed by atoms with E-state index >= 15 is 0 Å². The van der Waals surface area contributed by atoms with Crippen LogP contribution >= 0.6 is 11.3 Å². The summed E-state index contributed by atoms with van der Waals surface area (Å²) >= 11 is 1.70. The molecule has 126 valence electrons. The molecule has 0 aliphatic carbocycles. The molecule has 0 radical (unpaired) electrons. The lowest BCUT2D eigenvalue weighted by Crippen LogP contribution is -2.37. The third-order valence-corrected chi connectivity index (χ3v) is 4.91. The number of H-pyrrole nitrogens is 1. The van der Waals surface area contributed by atoms with E-state index in [0.29, 0.717) is 6.54 Å². The number of thiazole rings is 1. The summed E-state index contributed by atoms with van der Waals surface area (Å²) in [4.78, 5) is 13.2. The van der Waals surface area contributed by atoms with E-state index in [4.69, 9.17) is 0 Å². The molecular weight excluding hydrogens is 318 g/mol. The lowest BCUT2D eigenvalue weighted by Gasteiger charge is -2.10. The molecule has 0 aliphatic heterocycles. The minimum absolute atomic E-state index is 0.699. The standard InChI is InChI=1S/C18H23N5S/c1-12-5-4-6-15-14(10-22-17(12)15)7-8-20-18(19-3)23-11-16-21-9-13(2)24-16/h4-6,9-10,22H,7-8,11H2,1-3H3,(H2,19,20,23). The van der Waals surface area contributed by atoms with Gasteiger partial charge in [-0.25, -0.2) is 4.98 Å². The fourth-order valence-electron chi connectivity index (χ4n) is 2.75. The molecule has 0 spiro atoms. The highest BCUT2D eigenvalue weighted by molar-refractivity contribution is 7.11. The van der Waals surface area contributed by atoms with Gasteiger partial charge < -0.3 is 15.6 Å². The summed E-state index contributed by atoms with van der Waals surface area (Å²) in [7, 11) is 1.79. The van der Waals surface area contributed by atoms with Crippen LogP contribution in [0.1, 0.15) is 21.0 Å². The monoisotopic (exact) mass is 341 g/mol. The van der Waals surface area contributed by atoms with Gasteiger partial charge in [-0.15, -0.1) is 11.3 Å². The number of nitrogens with zero attached hydrogens (tertiary/aromatic N) is 2. The van der Waals surface area contributed by atoms with Crippen LogP contribution in [0.3, 0.4) is 0 Å². The van der Waals surface area contributed by atoms with E-state index in [9.17, 15) is 0 Å². The van der Waals surface area contributed by atoms with Crippen LogP contribution in [0.5, 0.6) is 0 Å². The van der Waals surface area contributed by atoms with Crippen LogP contribution in [0.4, 0.5) is 0 Å². The third kappa shape index (κ3) is 3.76. The van der Waals surface area contributed by atoms with Crippen molar-refractivity contribution >= 4 is 28.2 Å². The number of aromatic amines is 1. The Morgan fingerprint density at radius 3 is 2.92 bits per heavy atom. The molecular formula is C18H23N5S. The Bertz CT molecular complexity index is 846. The molecule has 0 aliphatic rings. The molecule has 0 unspecified atom stereocenters. The molecule has 6 heteroatoms. The molecule has 0 amide bonds. The van der Waals surface area contributed by atoms with Crippen LogP contribution in [0, 0.1) is 13.8 Å². The average molecular weight is 341 g/mol. The van der Waals surface area contributed by atoms with Gasteiger partial charge in [-0.2, -0.15) is 0 Å². The van der Waals surface area contributed by atoms with Crippen molar-refractivity contribution in [1.29, 1.82) is 0 Å². The second-order valence-electron chi connectivity index (χ2n) is 5.78. The zero-order valence-electron chi connectivity index (χ0n) is 14.3. The van der Waals surface area contributed by atoms with Crippen LogP contribution in [0.25, 0.3) is 10.9 Å². The summed E-state index contributed by atoms with van der Waals surface area (Å²) in [5.74, 6) is 0.805. The van der Waals surface area contributed by atoms with Crippen molar-refractivity contribution in [2.75, 3.05) is 13.6 Å². The SMILES string of the molecule is CN=C(NCCc1c[nH]c2c(C)cccc12)NCc1ncc(C)s1.